The molecule has 3 heteroatoms. The summed E-state index contributed by atoms with van der Waals surface area (Å²) in [6.07, 6.45) is 3.98. The van der Waals surface area contributed by atoms with E-state index in [4.69, 9.17) is 10.5 Å². The van der Waals surface area contributed by atoms with Crippen molar-refractivity contribution in [2.45, 2.75) is 25.8 Å². The molecule has 0 radical (unpaired) electrons. The molecule has 1 aliphatic heterocycles. The molecular weight excluding hydrogens is 200 g/mol. The summed E-state index contributed by atoms with van der Waals surface area (Å²) in [5.74, 6) is 0.890. The van der Waals surface area contributed by atoms with Crippen molar-refractivity contribution in [1.29, 1.82) is 0 Å². The van der Waals surface area contributed by atoms with Crippen molar-refractivity contribution in [2.24, 2.45) is 0 Å². The Morgan fingerprint density at radius 1 is 1.25 bits per heavy atom. The molecule has 0 unspecified atom stereocenters. The van der Waals surface area contributed by atoms with E-state index in [-0.39, 0.29) is 0 Å². The molecule has 88 valence electrons. The van der Waals surface area contributed by atoms with E-state index < -0.39 is 0 Å². The van der Waals surface area contributed by atoms with E-state index in [1.54, 1.807) is 7.11 Å². The van der Waals surface area contributed by atoms with Gasteiger partial charge in [-0.1, -0.05) is 6.42 Å². The Kier molecular flexibility index (Phi) is 3.67. The summed E-state index contributed by atoms with van der Waals surface area (Å²) in [6, 6.07) is 5.89. The topological polar surface area (TPSA) is 38.5 Å². The van der Waals surface area contributed by atoms with Crippen LogP contribution in [0.25, 0.3) is 0 Å². The van der Waals surface area contributed by atoms with E-state index in [9.17, 15) is 0 Å². The molecule has 2 rings (SSSR count). The lowest BCUT2D eigenvalue weighted by Crippen LogP contribution is -2.29. The number of nitrogens with zero attached hydrogens (tertiary/aromatic N) is 1. The van der Waals surface area contributed by atoms with Gasteiger partial charge in [0.15, 0.2) is 0 Å². The second kappa shape index (κ2) is 5.21. The number of methoxy groups -OCH3 is 1. The monoisotopic (exact) mass is 220 g/mol. The number of anilines is 1. The standard InChI is InChI=1S/C13H20N2O/c1-16-12-5-6-13(14)11(9-12)10-15-7-3-2-4-8-15/h5-6,9H,2-4,7-8,10,14H2,1H3. The molecule has 0 amide bonds. The van der Waals surface area contributed by atoms with Crippen molar-refractivity contribution >= 4 is 5.69 Å². The molecule has 1 aliphatic rings. The van der Waals surface area contributed by atoms with Crippen LogP contribution < -0.4 is 10.5 Å². The molecule has 0 aromatic heterocycles. The van der Waals surface area contributed by atoms with Gasteiger partial charge in [-0.15, -0.1) is 0 Å². The highest BCUT2D eigenvalue weighted by Crippen LogP contribution is 2.22. The van der Waals surface area contributed by atoms with Gasteiger partial charge in [0, 0.05) is 12.2 Å². The third kappa shape index (κ3) is 2.67. The van der Waals surface area contributed by atoms with Gasteiger partial charge in [0.2, 0.25) is 0 Å². The predicted octanol–water partition coefficient (Wildman–Crippen LogP) is 2.26. The van der Waals surface area contributed by atoms with Crippen LogP contribution in [-0.4, -0.2) is 25.1 Å². The summed E-state index contributed by atoms with van der Waals surface area (Å²) in [5.41, 5.74) is 8.03. The molecule has 1 fully saturated rings. The third-order valence-electron chi connectivity index (χ3n) is 3.19. The normalized spacial score (nSPS) is 17.3. The number of hydrogen-bond acceptors (Lipinski definition) is 3. The van der Waals surface area contributed by atoms with Crippen LogP contribution in [0.3, 0.4) is 0 Å². The summed E-state index contributed by atoms with van der Waals surface area (Å²) in [7, 11) is 1.69. The second-order valence-corrected chi connectivity index (χ2v) is 4.40. The van der Waals surface area contributed by atoms with E-state index in [1.807, 2.05) is 18.2 Å². The van der Waals surface area contributed by atoms with Crippen LogP contribution in [0, 0.1) is 0 Å². The minimum atomic E-state index is 0.867. The molecule has 0 spiro atoms. The van der Waals surface area contributed by atoms with Crippen LogP contribution in [0.5, 0.6) is 5.75 Å². The molecule has 0 saturated carbocycles. The first-order valence-corrected chi connectivity index (χ1v) is 5.94. The Morgan fingerprint density at radius 2 is 2.00 bits per heavy atom. The molecular formula is C13H20N2O. The first kappa shape index (κ1) is 11.3. The SMILES string of the molecule is COc1ccc(N)c(CN2CCCCC2)c1. The maximum absolute atomic E-state index is 5.98. The third-order valence-corrected chi connectivity index (χ3v) is 3.19. The fourth-order valence-corrected chi connectivity index (χ4v) is 2.20. The maximum Gasteiger partial charge on any atom is 0.119 e. The minimum Gasteiger partial charge on any atom is -0.497 e. The van der Waals surface area contributed by atoms with Crippen LogP contribution in [-0.2, 0) is 6.54 Å². The zero-order valence-electron chi connectivity index (χ0n) is 9.91. The Hall–Kier alpha value is -1.22. The number of benzene rings is 1. The number of likely N-dealkylation sites (tertiary alicyclic amines) is 1. The molecule has 0 atom stereocenters. The van der Waals surface area contributed by atoms with Crippen molar-refractivity contribution in [2.75, 3.05) is 25.9 Å². The zero-order valence-corrected chi connectivity index (χ0v) is 9.91. The molecule has 1 heterocycles. The van der Waals surface area contributed by atoms with Crippen molar-refractivity contribution in [3.63, 3.8) is 0 Å². The quantitative estimate of drug-likeness (QED) is 0.794. The lowest BCUT2D eigenvalue weighted by Gasteiger charge is -2.27. The van der Waals surface area contributed by atoms with Crippen LogP contribution in [0.15, 0.2) is 18.2 Å². The fourth-order valence-electron chi connectivity index (χ4n) is 2.20. The fraction of sp³-hybridized carbons (Fsp3) is 0.538. The Bertz CT molecular complexity index is 346. The number of piperidine rings is 1. The Balaban J connectivity index is 2.06. The van der Waals surface area contributed by atoms with Crippen molar-refractivity contribution in [3.8, 4) is 5.75 Å². The second-order valence-electron chi connectivity index (χ2n) is 4.40. The number of nitrogens with two attached hydrogens (primary N) is 1. The van der Waals surface area contributed by atoms with Gasteiger partial charge < -0.3 is 10.5 Å². The van der Waals surface area contributed by atoms with Gasteiger partial charge in [0.1, 0.15) is 5.75 Å². The van der Waals surface area contributed by atoms with Gasteiger partial charge >= 0.3 is 0 Å². The highest BCUT2D eigenvalue weighted by molar-refractivity contribution is 5.50. The van der Waals surface area contributed by atoms with Gasteiger partial charge in [-0.25, -0.2) is 0 Å². The highest BCUT2D eigenvalue weighted by atomic mass is 16.5. The summed E-state index contributed by atoms with van der Waals surface area (Å²) >= 11 is 0. The molecule has 2 N–H and O–H groups in total. The summed E-state index contributed by atoms with van der Waals surface area (Å²) in [5, 5.41) is 0. The molecule has 0 bridgehead atoms. The highest BCUT2D eigenvalue weighted by Gasteiger charge is 2.12. The van der Waals surface area contributed by atoms with Crippen molar-refractivity contribution in [3.05, 3.63) is 23.8 Å². The van der Waals surface area contributed by atoms with Gasteiger partial charge in [-0.3, -0.25) is 4.90 Å². The number of hydrogen-bond donors (Lipinski definition) is 1. The van der Waals surface area contributed by atoms with E-state index in [1.165, 1.54) is 37.9 Å². The molecule has 1 aromatic carbocycles. The smallest absolute Gasteiger partial charge is 0.119 e. The molecule has 1 saturated heterocycles. The van der Waals surface area contributed by atoms with Crippen molar-refractivity contribution < 1.29 is 4.74 Å². The van der Waals surface area contributed by atoms with E-state index >= 15 is 0 Å². The van der Waals surface area contributed by atoms with Crippen molar-refractivity contribution in [1.82, 2.24) is 4.90 Å². The molecule has 0 aliphatic carbocycles. The average Bonchev–Trinajstić information content (AvgIpc) is 2.33. The van der Waals surface area contributed by atoms with Crippen LogP contribution >= 0.6 is 0 Å². The summed E-state index contributed by atoms with van der Waals surface area (Å²) in [6.45, 7) is 3.33. The first-order chi connectivity index (χ1) is 7.79. The van der Waals surface area contributed by atoms with Gasteiger partial charge in [0.05, 0.1) is 7.11 Å². The molecule has 3 nitrogen and oxygen atoms in total. The maximum atomic E-state index is 5.98. The van der Waals surface area contributed by atoms with E-state index in [0.29, 0.717) is 0 Å². The van der Waals surface area contributed by atoms with Crippen LogP contribution in [0.1, 0.15) is 24.8 Å². The predicted molar refractivity (Wildman–Crippen MR) is 66.5 cm³/mol. The number of nitrogen functional groups attached to an aromatic ring is 1. The van der Waals surface area contributed by atoms with Gasteiger partial charge in [0.25, 0.3) is 0 Å². The van der Waals surface area contributed by atoms with Crippen LogP contribution in [0.2, 0.25) is 0 Å². The average molecular weight is 220 g/mol. The van der Waals surface area contributed by atoms with Crippen LogP contribution in [0.4, 0.5) is 5.69 Å². The first-order valence-electron chi connectivity index (χ1n) is 5.94. The molecule has 16 heavy (non-hydrogen) atoms. The number of ether oxygens (including phenoxy) is 1. The summed E-state index contributed by atoms with van der Waals surface area (Å²) < 4.78 is 5.22. The van der Waals surface area contributed by atoms with E-state index in [0.717, 1.165) is 18.0 Å². The minimum absolute atomic E-state index is 0.867. The van der Waals surface area contributed by atoms with E-state index in [2.05, 4.69) is 4.90 Å². The number of rotatable bonds is 3. The van der Waals surface area contributed by atoms with Gasteiger partial charge in [-0.2, -0.15) is 0 Å². The summed E-state index contributed by atoms with van der Waals surface area (Å²) in [4.78, 5) is 2.47. The zero-order chi connectivity index (χ0) is 11.4. The lowest BCUT2D eigenvalue weighted by molar-refractivity contribution is 0.221. The Morgan fingerprint density at radius 3 is 2.69 bits per heavy atom. The lowest BCUT2D eigenvalue weighted by atomic mass is 10.1. The largest absolute Gasteiger partial charge is 0.497 e. The Labute approximate surface area is 97.2 Å². The molecule has 1 aromatic rings. The van der Waals surface area contributed by atoms with Gasteiger partial charge in [-0.05, 0) is 49.7 Å².